The summed E-state index contributed by atoms with van der Waals surface area (Å²) < 4.78 is 0. The van der Waals surface area contributed by atoms with E-state index in [4.69, 9.17) is 11.7 Å². The summed E-state index contributed by atoms with van der Waals surface area (Å²) in [4.78, 5) is 14.3. The van der Waals surface area contributed by atoms with Crippen LogP contribution in [0.2, 0.25) is 0 Å². The quantitative estimate of drug-likeness (QED) is 0.475. The molecule has 0 aromatic carbocycles. The van der Waals surface area contributed by atoms with E-state index in [0.29, 0.717) is 11.6 Å². The fourth-order valence-electron chi connectivity index (χ4n) is 1.44. The lowest BCUT2D eigenvalue weighted by Gasteiger charge is -2.18. The van der Waals surface area contributed by atoms with Crippen LogP contribution in [0.4, 0.5) is 0 Å². The van der Waals surface area contributed by atoms with Gasteiger partial charge in [-0.25, -0.2) is 0 Å². The minimum atomic E-state index is -0.473. The normalized spacial score (nSPS) is 17.2. The molecule has 4 nitrogen and oxygen atoms in total. The van der Waals surface area contributed by atoms with Gasteiger partial charge in [0.25, 0.3) is 5.91 Å². The van der Waals surface area contributed by atoms with Crippen molar-refractivity contribution in [1.29, 1.82) is 5.26 Å². The molecule has 0 unspecified atom stereocenters. The van der Waals surface area contributed by atoms with Gasteiger partial charge in [-0.15, -0.1) is 6.42 Å². The minimum absolute atomic E-state index is 0.0388. The standard InChI is InChI=1S/C13H13N3OS/c1-5-7-15-12(17)11(8-14)13-16(6-2)9(3)10(4)18-13/h1H,3-4,6-7H2,2H3,(H,15,17)/b13-11-. The third kappa shape index (κ3) is 2.58. The van der Waals surface area contributed by atoms with Crippen LogP contribution in [0.25, 0.3) is 0 Å². The minimum Gasteiger partial charge on any atom is -0.340 e. The molecule has 0 radical (unpaired) electrons. The van der Waals surface area contributed by atoms with E-state index in [0.717, 1.165) is 10.6 Å². The van der Waals surface area contributed by atoms with Gasteiger partial charge >= 0.3 is 0 Å². The van der Waals surface area contributed by atoms with Crippen LogP contribution in [0.15, 0.2) is 34.4 Å². The molecular weight excluding hydrogens is 246 g/mol. The van der Waals surface area contributed by atoms with Crippen molar-refractivity contribution in [3.63, 3.8) is 0 Å². The highest BCUT2D eigenvalue weighted by molar-refractivity contribution is 8.07. The molecule has 1 aliphatic heterocycles. The second-order valence-electron chi connectivity index (χ2n) is 3.39. The molecule has 1 fully saturated rings. The van der Waals surface area contributed by atoms with Gasteiger partial charge in [0.05, 0.1) is 6.54 Å². The summed E-state index contributed by atoms with van der Waals surface area (Å²) in [6.07, 6.45) is 5.06. The molecule has 1 heterocycles. The number of nitriles is 1. The summed E-state index contributed by atoms with van der Waals surface area (Å²) in [6, 6.07) is 1.91. The van der Waals surface area contributed by atoms with E-state index in [1.165, 1.54) is 11.8 Å². The first-order valence-corrected chi connectivity index (χ1v) is 6.08. The first kappa shape index (κ1) is 14.0. The summed E-state index contributed by atoms with van der Waals surface area (Å²) in [5.74, 6) is 1.82. The smallest absolute Gasteiger partial charge is 0.265 e. The zero-order valence-electron chi connectivity index (χ0n) is 10.1. The number of hydrogen-bond acceptors (Lipinski definition) is 4. The summed E-state index contributed by atoms with van der Waals surface area (Å²) in [5.41, 5.74) is 0.756. The number of likely N-dealkylation sites (N-methyl/N-ethyl adjacent to an activating group) is 1. The highest BCUT2D eigenvalue weighted by atomic mass is 32.2. The summed E-state index contributed by atoms with van der Waals surface area (Å²) in [7, 11) is 0. The first-order valence-electron chi connectivity index (χ1n) is 5.26. The van der Waals surface area contributed by atoms with Crippen LogP contribution in [0.5, 0.6) is 0 Å². The largest absolute Gasteiger partial charge is 0.340 e. The van der Waals surface area contributed by atoms with E-state index in [9.17, 15) is 4.79 Å². The van der Waals surface area contributed by atoms with Gasteiger partial charge < -0.3 is 10.2 Å². The number of carbonyl (C=O) groups is 1. The van der Waals surface area contributed by atoms with Gasteiger partial charge in [0.2, 0.25) is 0 Å². The molecule has 5 heteroatoms. The topological polar surface area (TPSA) is 56.1 Å². The Labute approximate surface area is 111 Å². The molecular formula is C13H13N3OS. The van der Waals surface area contributed by atoms with Gasteiger partial charge in [0.1, 0.15) is 16.7 Å². The number of amides is 1. The number of hydrogen-bond donors (Lipinski definition) is 1. The van der Waals surface area contributed by atoms with Gasteiger partial charge in [-0.3, -0.25) is 4.79 Å². The van der Waals surface area contributed by atoms with Crippen molar-refractivity contribution in [1.82, 2.24) is 10.2 Å². The fourth-order valence-corrected chi connectivity index (χ4v) is 2.49. The highest BCUT2D eigenvalue weighted by Crippen LogP contribution is 2.43. The second-order valence-corrected chi connectivity index (χ2v) is 4.48. The van der Waals surface area contributed by atoms with Crippen molar-refractivity contribution in [3.05, 3.63) is 34.4 Å². The summed E-state index contributed by atoms with van der Waals surface area (Å²) in [5, 5.41) is 12.2. The van der Waals surface area contributed by atoms with E-state index in [2.05, 4.69) is 24.4 Å². The van der Waals surface area contributed by atoms with Crippen LogP contribution in [0, 0.1) is 23.7 Å². The van der Waals surface area contributed by atoms with Crippen molar-refractivity contribution < 1.29 is 4.79 Å². The third-order valence-electron chi connectivity index (χ3n) is 2.33. The number of nitrogens with one attached hydrogen (secondary N) is 1. The molecule has 1 aliphatic rings. The second kappa shape index (κ2) is 6.00. The lowest BCUT2D eigenvalue weighted by molar-refractivity contribution is -0.116. The van der Waals surface area contributed by atoms with E-state index in [1.54, 1.807) is 4.90 Å². The van der Waals surface area contributed by atoms with Crippen LogP contribution in [-0.2, 0) is 4.79 Å². The van der Waals surface area contributed by atoms with Gasteiger partial charge in [-0.2, -0.15) is 5.26 Å². The summed E-state index contributed by atoms with van der Waals surface area (Å²) in [6.45, 7) is 10.3. The maximum absolute atomic E-state index is 11.8. The van der Waals surface area contributed by atoms with Crippen molar-refractivity contribution in [3.8, 4) is 18.4 Å². The highest BCUT2D eigenvalue weighted by Gasteiger charge is 2.29. The molecule has 0 spiro atoms. The Bertz CT molecular complexity index is 519. The maximum atomic E-state index is 11.8. The number of terminal acetylenes is 1. The molecule has 92 valence electrons. The van der Waals surface area contributed by atoms with E-state index >= 15 is 0 Å². The Morgan fingerprint density at radius 1 is 1.61 bits per heavy atom. The van der Waals surface area contributed by atoms with Crippen molar-refractivity contribution in [2.24, 2.45) is 0 Å². The molecule has 18 heavy (non-hydrogen) atoms. The van der Waals surface area contributed by atoms with Crippen LogP contribution >= 0.6 is 11.8 Å². The van der Waals surface area contributed by atoms with Crippen molar-refractivity contribution in [2.75, 3.05) is 13.1 Å². The third-order valence-corrected chi connectivity index (χ3v) is 3.43. The molecule has 0 aliphatic carbocycles. The maximum Gasteiger partial charge on any atom is 0.265 e. The zero-order valence-corrected chi connectivity index (χ0v) is 10.9. The predicted molar refractivity (Wildman–Crippen MR) is 72.7 cm³/mol. The molecule has 0 atom stereocenters. The number of rotatable bonds is 3. The molecule has 0 saturated carbocycles. The van der Waals surface area contributed by atoms with E-state index in [1.807, 2.05) is 13.0 Å². The number of nitrogens with zero attached hydrogens (tertiary/aromatic N) is 2. The predicted octanol–water partition coefficient (Wildman–Crippen LogP) is 1.57. The van der Waals surface area contributed by atoms with Gasteiger partial charge in [-0.05, 0) is 6.92 Å². The molecule has 1 rings (SSSR count). The Hall–Kier alpha value is -2.11. The molecule has 0 aromatic heterocycles. The van der Waals surface area contributed by atoms with Crippen LogP contribution in [0.1, 0.15) is 6.92 Å². The average molecular weight is 259 g/mol. The number of carbonyl (C=O) groups excluding carboxylic acids is 1. The average Bonchev–Trinajstić information content (AvgIpc) is 2.63. The number of thioether (sulfide) groups is 1. The van der Waals surface area contributed by atoms with Crippen LogP contribution < -0.4 is 5.32 Å². The van der Waals surface area contributed by atoms with Crippen LogP contribution in [-0.4, -0.2) is 23.9 Å². The monoisotopic (exact) mass is 259 g/mol. The van der Waals surface area contributed by atoms with E-state index < -0.39 is 5.91 Å². The van der Waals surface area contributed by atoms with Crippen LogP contribution in [0.3, 0.4) is 0 Å². The first-order chi connectivity index (χ1) is 8.56. The molecule has 0 bridgehead atoms. The summed E-state index contributed by atoms with van der Waals surface area (Å²) >= 11 is 1.28. The fraction of sp³-hybridized carbons (Fsp3) is 0.231. The Morgan fingerprint density at radius 2 is 2.28 bits per heavy atom. The SMILES string of the molecule is C#CCNC(=O)/C(C#N)=C1\SC(=C)C(=C)N1CC. The Kier molecular flexibility index (Phi) is 4.65. The van der Waals surface area contributed by atoms with Gasteiger partial charge in [-0.1, -0.05) is 30.8 Å². The van der Waals surface area contributed by atoms with Crippen molar-refractivity contribution >= 4 is 17.7 Å². The molecule has 1 N–H and O–H groups in total. The van der Waals surface area contributed by atoms with E-state index in [-0.39, 0.29) is 12.1 Å². The zero-order chi connectivity index (χ0) is 13.7. The van der Waals surface area contributed by atoms with Crippen molar-refractivity contribution in [2.45, 2.75) is 6.92 Å². The van der Waals surface area contributed by atoms with Gasteiger partial charge in [0, 0.05) is 17.1 Å². The lowest BCUT2D eigenvalue weighted by Crippen LogP contribution is -2.27. The Morgan fingerprint density at radius 3 is 2.78 bits per heavy atom. The molecule has 0 aromatic rings. The van der Waals surface area contributed by atoms with Gasteiger partial charge in [0.15, 0.2) is 0 Å². The lowest BCUT2D eigenvalue weighted by atomic mass is 10.2. The molecule has 1 amide bonds. The Balaban J connectivity index is 3.12. The molecule has 1 saturated heterocycles.